The summed E-state index contributed by atoms with van der Waals surface area (Å²) in [7, 11) is -3.78. The van der Waals surface area contributed by atoms with Gasteiger partial charge in [-0.15, -0.1) is 0 Å². The first kappa shape index (κ1) is 20.2. The Morgan fingerprint density at radius 2 is 1.89 bits per heavy atom. The molecule has 0 unspecified atom stereocenters. The van der Waals surface area contributed by atoms with Crippen LogP contribution in [0, 0.1) is 0 Å². The van der Waals surface area contributed by atoms with Crippen LogP contribution in [0.1, 0.15) is 53.7 Å². The van der Waals surface area contributed by atoms with E-state index in [0.717, 1.165) is 24.8 Å². The molecule has 2 aromatic rings. The van der Waals surface area contributed by atoms with Crippen LogP contribution in [-0.2, 0) is 21.2 Å². The molecule has 1 amide bonds. The fraction of sp³-hybridized carbons (Fsp3) is 0.333. The van der Waals surface area contributed by atoms with Gasteiger partial charge in [0.15, 0.2) is 5.78 Å². The predicted molar refractivity (Wildman–Crippen MR) is 107 cm³/mol. The van der Waals surface area contributed by atoms with E-state index in [0.29, 0.717) is 5.56 Å². The molecule has 1 aliphatic rings. The van der Waals surface area contributed by atoms with Crippen molar-refractivity contribution in [2.24, 2.45) is 0 Å². The molecule has 0 fully saturated rings. The van der Waals surface area contributed by atoms with E-state index in [-0.39, 0.29) is 35.6 Å². The average molecular weight is 401 g/mol. The first-order chi connectivity index (χ1) is 13.4. The highest BCUT2D eigenvalue weighted by Crippen LogP contribution is 2.29. The van der Waals surface area contributed by atoms with Gasteiger partial charge in [-0.2, -0.15) is 0 Å². The van der Waals surface area contributed by atoms with Crippen LogP contribution in [0.4, 0.5) is 0 Å². The molecule has 7 heteroatoms. The quantitative estimate of drug-likeness (QED) is 0.699. The van der Waals surface area contributed by atoms with E-state index in [9.17, 15) is 18.0 Å². The van der Waals surface area contributed by atoms with Crippen molar-refractivity contribution in [3.63, 3.8) is 0 Å². The average Bonchev–Trinajstić information content (AvgIpc) is 2.68. The van der Waals surface area contributed by atoms with E-state index in [1.54, 1.807) is 6.07 Å². The molecule has 0 heterocycles. The zero-order valence-electron chi connectivity index (χ0n) is 15.8. The van der Waals surface area contributed by atoms with Crippen LogP contribution in [0.5, 0.6) is 0 Å². The van der Waals surface area contributed by atoms with Gasteiger partial charge >= 0.3 is 0 Å². The van der Waals surface area contributed by atoms with Crippen LogP contribution >= 0.6 is 0 Å². The minimum Gasteiger partial charge on any atom is -0.349 e. The second-order valence-electron chi connectivity index (χ2n) is 6.94. The first-order valence-electron chi connectivity index (χ1n) is 9.34. The summed E-state index contributed by atoms with van der Waals surface area (Å²) in [6, 6.07) is 13.9. The Bertz CT molecular complexity index is 985. The number of hydrogen-bond acceptors (Lipinski definition) is 4. The summed E-state index contributed by atoms with van der Waals surface area (Å²) in [6.45, 7) is 1.37. The molecule has 1 atom stereocenters. The Hall–Kier alpha value is -2.51. The Morgan fingerprint density at radius 3 is 2.68 bits per heavy atom. The maximum Gasteiger partial charge on any atom is 0.240 e. The fourth-order valence-electron chi connectivity index (χ4n) is 3.43. The SMILES string of the molecule is CC(=O)c1cccc(S(=O)(=O)NCCC(=O)N[C@H]2CCCc3ccccc32)c1. The topological polar surface area (TPSA) is 92.3 Å². The standard InChI is InChI=1S/C21H24N2O4S/c1-15(24)17-8-4-9-18(14-17)28(26,27)22-13-12-21(25)23-20-11-5-7-16-6-2-3-10-19(16)20/h2-4,6,8-10,14,20,22H,5,7,11-13H2,1H3,(H,23,25)/t20-/m0/s1. The molecule has 0 bridgehead atoms. The van der Waals surface area contributed by atoms with Gasteiger partial charge < -0.3 is 5.32 Å². The third-order valence-corrected chi connectivity index (χ3v) is 6.36. The van der Waals surface area contributed by atoms with Gasteiger partial charge in [-0.3, -0.25) is 9.59 Å². The van der Waals surface area contributed by atoms with Crippen molar-refractivity contribution in [1.29, 1.82) is 0 Å². The Balaban J connectivity index is 1.56. The summed E-state index contributed by atoms with van der Waals surface area (Å²) < 4.78 is 27.2. The summed E-state index contributed by atoms with van der Waals surface area (Å²) in [6.07, 6.45) is 2.96. The predicted octanol–water partition coefficient (Wildman–Crippen LogP) is 2.75. The molecule has 0 saturated carbocycles. The molecule has 0 radical (unpaired) electrons. The van der Waals surface area contributed by atoms with Crippen molar-refractivity contribution in [3.8, 4) is 0 Å². The van der Waals surface area contributed by atoms with E-state index in [2.05, 4.69) is 16.1 Å². The van der Waals surface area contributed by atoms with Crippen LogP contribution < -0.4 is 10.0 Å². The third-order valence-electron chi connectivity index (χ3n) is 4.90. The smallest absolute Gasteiger partial charge is 0.240 e. The Morgan fingerprint density at radius 1 is 1.11 bits per heavy atom. The molecule has 0 saturated heterocycles. The maximum absolute atomic E-state index is 12.4. The van der Waals surface area contributed by atoms with E-state index in [4.69, 9.17) is 0 Å². The lowest BCUT2D eigenvalue weighted by Crippen LogP contribution is -2.34. The van der Waals surface area contributed by atoms with Crippen molar-refractivity contribution < 1.29 is 18.0 Å². The number of Topliss-reactive ketones (excluding diaryl/α,β-unsaturated/α-hetero) is 1. The second-order valence-corrected chi connectivity index (χ2v) is 8.71. The fourth-order valence-corrected chi connectivity index (χ4v) is 4.51. The molecular weight excluding hydrogens is 376 g/mol. The highest BCUT2D eigenvalue weighted by Gasteiger charge is 2.21. The van der Waals surface area contributed by atoms with E-state index in [1.807, 2.05) is 18.2 Å². The van der Waals surface area contributed by atoms with Crippen LogP contribution in [0.25, 0.3) is 0 Å². The number of sulfonamides is 1. The number of rotatable bonds is 7. The van der Waals surface area contributed by atoms with Crippen molar-refractivity contribution in [1.82, 2.24) is 10.0 Å². The molecule has 1 aliphatic carbocycles. The Labute approximate surface area is 165 Å². The first-order valence-corrected chi connectivity index (χ1v) is 10.8. The van der Waals surface area contributed by atoms with Gasteiger partial charge in [0.25, 0.3) is 0 Å². The molecule has 0 spiro atoms. The Kier molecular flexibility index (Phi) is 6.26. The summed E-state index contributed by atoms with van der Waals surface area (Å²) in [4.78, 5) is 23.7. The molecule has 28 heavy (non-hydrogen) atoms. The van der Waals surface area contributed by atoms with Crippen LogP contribution in [0.15, 0.2) is 53.4 Å². The molecule has 6 nitrogen and oxygen atoms in total. The number of amides is 1. The van der Waals surface area contributed by atoms with Crippen molar-refractivity contribution in [2.75, 3.05) is 6.54 Å². The summed E-state index contributed by atoms with van der Waals surface area (Å²) in [5.41, 5.74) is 2.73. The number of hydrogen-bond donors (Lipinski definition) is 2. The number of ketones is 1. The van der Waals surface area contributed by atoms with E-state index in [1.165, 1.54) is 30.7 Å². The molecule has 3 rings (SSSR count). The van der Waals surface area contributed by atoms with Crippen molar-refractivity contribution in [3.05, 3.63) is 65.2 Å². The lowest BCUT2D eigenvalue weighted by atomic mass is 9.88. The molecule has 0 aliphatic heterocycles. The summed E-state index contributed by atoms with van der Waals surface area (Å²) >= 11 is 0. The van der Waals surface area contributed by atoms with Crippen LogP contribution in [-0.4, -0.2) is 26.7 Å². The largest absolute Gasteiger partial charge is 0.349 e. The molecular formula is C21H24N2O4S. The van der Waals surface area contributed by atoms with E-state index >= 15 is 0 Å². The number of carbonyl (C=O) groups is 2. The summed E-state index contributed by atoms with van der Waals surface area (Å²) in [5.74, 6) is -0.397. The number of benzene rings is 2. The minimum absolute atomic E-state index is 0.00711. The van der Waals surface area contributed by atoms with Gasteiger partial charge in [-0.25, -0.2) is 13.1 Å². The van der Waals surface area contributed by atoms with Crippen LogP contribution in [0.2, 0.25) is 0 Å². The monoisotopic (exact) mass is 400 g/mol. The van der Waals surface area contributed by atoms with E-state index < -0.39 is 10.0 Å². The number of nitrogens with one attached hydrogen (secondary N) is 2. The number of fused-ring (bicyclic) bond motifs is 1. The molecule has 2 N–H and O–H groups in total. The zero-order valence-corrected chi connectivity index (χ0v) is 16.6. The molecule has 0 aromatic heterocycles. The molecule has 2 aromatic carbocycles. The minimum atomic E-state index is -3.78. The van der Waals surface area contributed by atoms with Gasteiger partial charge in [-0.1, -0.05) is 36.4 Å². The zero-order chi connectivity index (χ0) is 20.1. The normalized spacial score (nSPS) is 16.2. The van der Waals surface area contributed by atoms with Gasteiger partial charge in [0.1, 0.15) is 0 Å². The highest BCUT2D eigenvalue weighted by atomic mass is 32.2. The number of carbonyl (C=O) groups excluding carboxylic acids is 2. The lowest BCUT2D eigenvalue weighted by molar-refractivity contribution is -0.121. The van der Waals surface area contributed by atoms with Crippen LogP contribution in [0.3, 0.4) is 0 Å². The highest BCUT2D eigenvalue weighted by molar-refractivity contribution is 7.89. The maximum atomic E-state index is 12.4. The summed E-state index contributed by atoms with van der Waals surface area (Å²) in [5, 5.41) is 3.01. The van der Waals surface area contributed by atoms with Gasteiger partial charge in [-0.05, 0) is 49.4 Å². The third kappa shape index (κ3) is 4.85. The van der Waals surface area contributed by atoms with Gasteiger partial charge in [0.05, 0.1) is 10.9 Å². The van der Waals surface area contributed by atoms with Gasteiger partial charge in [0.2, 0.25) is 15.9 Å². The van der Waals surface area contributed by atoms with Crippen molar-refractivity contribution >= 4 is 21.7 Å². The lowest BCUT2D eigenvalue weighted by Gasteiger charge is -2.26. The van der Waals surface area contributed by atoms with Gasteiger partial charge in [0, 0.05) is 18.5 Å². The number of aryl methyl sites for hydroxylation is 1. The van der Waals surface area contributed by atoms with Crippen molar-refractivity contribution in [2.45, 2.75) is 43.5 Å². The second kappa shape index (κ2) is 8.67. The molecule has 148 valence electrons.